The molecule has 0 heterocycles. The average molecular weight is 232 g/mol. The van der Waals surface area contributed by atoms with E-state index >= 15 is 0 Å². The number of aliphatic hydroxyl groups is 1. The smallest absolute Gasteiger partial charge is 0.143 e. The van der Waals surface area contributed by atoms with Gasteiger partial charge in [-0.25, -0.2) is 0 Å². The standard InChI is InChI=1S/C5H16NOP2S2/c1-6(2,3)4(8-10)5(7)9-11/h4-5,7-11H,1-3H3/q+1. The normalized spacial score (nSPS) is 20.2. The number of quaternary nitrogens is 1. The number of aliphatic hydroxyl groups excluding tert-OH is 1. The molecular formula is C5H16NOP2S2+. The zero-order valence-corrected chi connectivity index (χ0v) is 10.7. The number of hydrogen-bond acceptors (Lipinski definition) is 3. The van der Waals surface area contributed by atoms with E-state index in [9.17, 15) is 5.11 Å². The Morgan fingerprint density at radius 3 is 1.73 bits per heavy atom. The van der Waals surface area contributed by atoms with E-state index in [1.807, 2.05) is 0 Å². The monoisotopic (exact) mass is 232 g/mol. The maximum Gasteiger partial charge on any atom is 0.143 e. The van der Waals surface area contributed by atoms with E-state index in [1.165, 1.54) is 0 Å². The van der Waals surface area contributed by atoms with Crippen LogP contribution in [0.4, 0.5) is 0 Å². The van der Waals surface area contributed by atoms with Crippen LogP contribution in [0.15, 0.2) is 0 Å². The molecule has 0 aliphatic heterocycles. The van der Waals surface area contributed by atoms with Crippen LogP contribution < -0.4 is 0 Å². The Bertz CT molecular complexity index is 120. The van der Waals surface area contributed by atoms with E-state index in [4.69, 9.17) is 0 Å². The predicted molar refractivity (Wildman–Crippen MR) is 62.4 cm³/mol. The highest BCUT2D eigenvalue weighted by Crippen LogP contribution is 2.38. The van der Waals surface area contributed by atoms with Crippen LogP contribution in [0.1, 0.15) is 0 Å². The van der Waals surface area contributed by atoms with Crippen molar-refractivity contribution in [2.45, 2.75) is 11.6 Å². The molecule has 0 aliphatic rings. The van der Waals surface area contributed by atoms with E-state index in [2.05, 4.69) is 45.6 Å². The van der Waals surface area contributed by atoms with Gasteiger partial charge in [0.2, 0.25) is 0 Å². The molecule has 68 valence electrons. The SMILES string of the molecule is C[N+](C)(C)C(PS)C(O)PS. The van der Waals surface area contributed by atoms with Crippen molar-refractivity contribution < 1.29 is 9.59 Å². The Morgan fingerprint density at radius 1 is 1.18 bits per heavy atom. The van der Waals surface area contributed by atoms with Crippen LogP contribution in [0.25, 0.3) is 0 Å². The Labute approximate surface area is 82.6 Å². The van der Waals surface area contributed by atoms with Crippen LogP contribution in [0.5, 0.6) is 0 Å². The van der Waals surface area contributed by atoms with Gasteiger partial charge in [-0.15, -0.1) is 12.2 Å². The maximum absolute atomic E-state index is 9.53. The van der Waals surface area contributed by atoms with Crippen LogP contribution in [-0.4, -0.2) is 42.4 Å². The zero-order valence-electron chi connectivity index (χ0n) is 6.94. The molecule has 2 nitrogen and oxygen atoms in total. The molecule has 0 rings (SSSR count). The molecule has 6 heteroatoms. The molecule has 0 spiro atoms. The summed E-state index contributed by atoms with van der Waals surface area (Å²) in [6.45, 7) is 0. The maximum atomic E-state index is 9.53. The number of hydrogen-bond donors (Lipinski definition) is 3. The minimum atomic E-state index is -0.325. The third-order valence-corrected chi connectivity index (χ3v) is 5.25. The van der Waals surface area contributed by atoms with Crippen LogP contribution >= 0.6 is 40.1 Å². The fourth-order valence-electron chi connectivity index (χ4n) is 0.738. The van der Waals surface area contributed by atoms with Crippen LogP contribution in [0, 0.1) is 0 Å². The molecule has 0 amide bonds. The average Bonchev–Trinajstić information content (AvgIpc) is 1.86. The highest BCUT2D eigenvalue weighted by molar-refractivity contribution is 8.39. The van der Waals surface area contributed by atoms with Crippen LogP contribution in [0.2, 0.25) is 0 Å². The van der Waals surface area contributed by atoms with Crippen LogP contribution in [0.3, 0.4) is 0 Å². The summed E-state index contributed by atoms with van der Waals surface area (Å²) in [6, 6.07) is 0. The Kier molecular flexibility index (Phi) is 5.97. The van der Waals surface area contributed by atoms with Crippen molar-refractivity contribution in [3.63, 3.8) is 0 Å². The molecule has 0 radical (unpaired) electrons. The van der Waals surface area contributed by atoms with Gasteiger partial charge in [-0.05, 0) is 7.78 Å². The van der Waals surface area contributed by atoms with Gasteiger partial charge in [0.1, 0.15) is 11.6 Å². The number of nitrogens with zero attached hydrogens (tertiary/aromatic N) is 1. The Hall–Kier alpha value is 1.48. The van der Waals surface area contributed by atoms with Crippen molar-refractivity contribution >= 4 is 40.1 Å². The van der Waals surface area contributed by atoms with Crippen molar-refractivity contribution in [1.29, 1.82) is 0 Å². The molecule has 4 atom stereocenters. The van der Waals surface area contributed by atoms with Crippen molar-refractivity contribution in [3.8, 4) is 0 Å². The topological polar surface area (TPSA) is 20.2 Å². The van der Waals surface area contributed by atoms with Gasteiger partial charge in [-0.2, -0.15) is 12.2 Å². The van der Waals surface area contributed by atoms with E-state index in [-0.39, 0.29) is 19.4 Å². The minimum absolute atomic E-state index is 0.203. The van der Waals surface area contributed by atoms with Crippen molar-refractivity contribution in [2.24, 2.45) is 0 Å². The minimum Gasteiger partial charge on any atom is -0.381 e. The molecule has 0 aliphatic carbocycles. The highest BCUT2D eigenvalue weighted by Gasteiger charge is 2.29. The zero-order chi connectivity index (χ0) is 9.07. The van der Waals surface area contributed by atoms with Crippen molar-refractivity contribution in [3.05, 3.63) is 0 Å². The third kappa shape index (κ3) is 4.31. The van der Waals surface area contributed by atoms with Gasteiger partial charge >= 0.3 is 0 Å². The third-order valence-electron chi connectivity index (χ3n) is 1.40. The molecule has 0 saturated heterocycles. The molecule has 0 aromatic rings. The lowest BCUT2D eigenvalue weighted by molar-refractivity contribution is -0.882. The molecule has 0 aromatic carbocycles. The molecule has 11 heavy (non-hydrogen) atoms. The van der Waals surface area contributed by atoms with E-state index in [1.54, 1.807) is 0 Å². The molecule has 1 N–H and O–H groups in total. The number of rotatable bonds is 4. The molecule has 0 saturated carbocycles. The lowest BCUT2D eigenvalue weighted by Gasteiger charge is -2.35. The van der Waals surface area contributed by atoms with Gasteiger partial charge in [0.25, 0.3) is 0 Å². The first kappa shape index (κ1) is 12.5. The van der Waals surface area contributed by atoms with Crippen LogP contribution in [-0.2, 0) is 0 Å². The van der Waals surface area contributed by atoms with Gasteiger partial charge in [0.05, 0.1) is 21.1 Å². The molecule has 0 aromatic heterocycles. The van der Waals surface area contributed by atoms with Gasteiger partial charge in [0.15, 0.2) is 0 Å². The second-order valence-corrected chi connectivity index (χ2v) is 6.51. The van der Waals surface area contributed by atoms with Gasteiger partial charge < -0.3 is 9.59 Å². The first-order valence-corrected chi connectivity index (χ1v) is 7.95. The first-order chi connectivity index (χ1) is 4.93. The molecule has 0 bridgehead atoms. The molecule has 0 fully saturated rings. The Morgan fingerprint density at radius 2 is 1.64 bits per heavy atom. The van der Waals surface area contributed by atoms with Crippen molar-refractivity contribution in [1.82, 2.24) is 0 Å². The van der Waals surface area contributed by atoms with E-state index in [0.29, 0.717) is 7.78 Å². The fourth-order valence-corrected chi connectivity index (χ4v) is 5.04. The predicted octanol–water partition coefficient (Wildman–Crippen LogP) is 1.38. The fraction of sp³-hybridized carbons (Fsp3) is 1.00. The molecular weight excluding hydrogens is 216 g/mol. The Balaban J connectivity index is 4.16. The quantitative estimate of drug-likeness (QED) is 0.380. The summed E-state index contributed by atoms with van der Waals surface area (Å²) in [5.41, 5.74) is 0. The lowest BCUT2D eigenvalue weighted by atomic mass is 10.5. The second-order valence-electron chi connectivity index (χ2n) is 3.26. The largest absolute Gasteiger partial charge is 0.381 e. The lowest BCUT2D eigenvalue weighted by Crippen LogP contribution is -2.46. The van der Waals surface area contributed by atoms with Gasteiger partial charge in [0, 0.05) is 7.78 Å². The summed E-state index contributed by atoms with van der Waals surface area (Å²) < 4.78 is 0.747. The van der Waals surface area contributed by atoms with Crippen molar-refractivity contribution in [2.75, 3.05) is 21.1 Å². The second kappa shape index (κ2) is 5.26. The summed E-state index contributed by atoms with van der Waals surface area (Å²) >= 11 is 8.30. The summed E-state index contributed by atoms with van der Waals surface area (Å²) in [5.74, 6) is -0.122. The summed E-state index contributed by atoms with van der Waals surface area (Å²) in [7, 11) is 6.93. The first-order valence-electron chi connectivity index (χ1n) is 3.22. The summed E-state index contributed by atoms with van der Waals surface area (Å²) in [4.78, 5) is 0. The summed E-state index contributed by atoms with van der Waals surface area (Å²) in [6.07, 6.45) is 0. The van der Waals surface area contributed by atoms with E-state index < -0.39 is 0 Å². The number of likely N-dealkylation sites (N-methyl/N-ethyl adjacent to an activating group) is 1. The summed E-state index contributed by atoms with van der Waals surface area (Å²) in [5, 5.41) is 9.53. The van der Waals surface area contributed by atoms with Gasteiger partial charge in [-0.1, -0.05) is 0 Å². The van der Waals surface area contributed by atoms with Gasteiger partial charge in [-0.3, -0.25) is 0 Å². The molecule has 4 unspecified atom stereocenters. The highest BCUT2D eigenvalue weighted by atomic mass is 32.7. The number of thiol groups is 2. The van der Waals surface area contributed by atoms with E-state index in [0.717, 1.165) is 4.48 Å².